The predicted molar refractivity (Wildman–Crippen MR) is 43.9 cm³/mol. The quantitative estimate of drug-likeness (QED) is 0.703. The number of hydrogen-bond acceptors (Lipinski definition) is 3. The summed E-state index contributed by atoms with van der Waals surface area (Å²) in [6.45, 7) is -0.152. The first-order chi connectivity index (χ1) is 5.68. The van der Waals surface area contributed by atoms with Gasteiger partial charge in [0.25, 0.3) is 5.91 Å². The van der Waals surface area contributed by atoms with Gasteiger partial charge in [-0.3, -0.25) is 4.79 Å². The molecule has 5 heteroatoms. The van der Waals surface area contributed by atoms with Crippen molar-refractivity contribution in [2.45, 2.75) is 0 Å². The van der Waals surface area contributed by atoms with Crippen LogP contribution in [0.15, 0.2) is 18.3 Å². The summed E-state index contributed by atoms with van der Waals surface area (Å²) in [5.74, 6) is -0.0447. The molecule has 1 amide bonds. The van der Waals surface area contributed by atoms with Crippen LogP contribution in [0.2, 0.25) is 5.15 Å². The highest BCUT2D eigenvalue weighted by Crippen LogP contribution is 2.13. The van der Waals surface area contributed by atoms with Crippen LogP contribution in [0.1, 0.15) is 0 Å². The molecule has 1 aromatic heterocycles. The van der Waals surface area contributed by atoms with Crippen LogP contribution in [-0.2, 0) is 4.79 Å². The van der Waals surface area contributed by atoms with Crippen LogP contribution in [0.3, 0.4) is 0 Å². The standard InChI is InChI=1S/C7H7ClN2O2/c8-6-3-5(1-2-10-6)12-4-7(9)11/h1-3H,4H2,(H2,9,11). The van der Waals surface area contributed by atoms with E-state index < -0.39 is 5.91 Å². The van der Waals surface area contributed by atoms with Crippen LogP contribution >= 0.6 is 11.6 Å². The summed E-state index contributed by atoms with van der Waals surface area (Å²) in [4.78, 5) is 14.0. The van der Waals surface area contributed by atoms with Crippen molar-refractivity contribution in [3.05, 3.63) is 23.5 Å². The fourth-order valence-electron chi connectivity index (χ4n) is 0.629. The number of carbonyl (C=O) groups excluding carboxylic acids is 1. The van der Waals surface area contributed by atoms with E-state index in [-0.39, 0.29) is 6.61 Å². The highest BCUT2D eigenvalue weighted by Gasteiger charge is 1.97. The summed E-state index contributed by atoms with van der Waals surface area (Å²) < 4.78 is 4.95. The lowest BCUT2D eigenvalue weighted by atomic mass is 10.4. The van der Waals surface area contributed by atoms with Crippen molar-refractivity contribution in [1.29, 1.82) is 0 Å². The molecule has 4 nitrogen and oxygen atoms in total. The fraction of sp³-hybridized carbons (Fsp3) is 0.143. The maximum absolute atomic E-state index is 10.3. The van der Waals surface area contributed by atoms with Crippen LogP contribution in [-0.4, -0.2) is 17.5 Å². The molecule has 0 atom stereocenters. The Hall–Kier alpha value is -1.29. The maximum atomic E-state index is 10.3. The zero-order valence-electron chi connectivity index (χ0n) is 6.16. The summed E-state index contributed by atoms with van der Waals surface area (Å²) in [6, 6.07) is 3.10. The largest absolute Gasteiger partial charge is 0.484 e. The van der Waals surface area contributed by atoms with Crippen molar-refractivity contribution in [3.63, 3.8) is 0 Å². The Morgan fingerprint density at radius 2 is 2.50 bits per heavy atom. The minimum Gasteiger partial charge on any atom is -0.484 e. The average molecular weight is 187 g/mol. The Balaban J connectivity index is 2.57. The maximum Gasteiger partial charge on any atom is 0.255 e. The molecule has 0 saturated heterocycles. The number of aromatic nitrogens is 1. The molecule has 0 spiro atoms. The molecule has 0 unspecified atom stereocenters. The summed E-state index contributed by atoms with van der Waals surface area (Å²) in [5, 5.41) is 0.317. The number of primary amides is 1. The summed E-state index contributed by atoms with van der Waals surface area (Å²) in [7, 11) is 0. The summed E-state index contributed by atoms with van der Waals surface area (Å²) >= 11 is 5.55. The van der Waals surface area contributed by atoms with Gasteiger partial charge < -0.3 is 10.5 Å². The molecule has 0 fully saturated rings. The monoisotopic (exact) mass is 186 g/mol. The third-order valence-corrected chi connectivity index (χ3v) is 1.29. The topological polar surface area (TPSA) is 65.2 Å². The zero-order chi connectivity index (χ0) is 8.97. The molecule has 0 aromatic carbocycles. The van der Waals surface area contributed by atoms with Gasteiger partial charge in [0.1, 0.15) is 10.9 Å². The smallest absolute Gasteiger partial charge is 0.255 e. The molecule has 0 aliphatic heterocycles. The van der Waals surface area contributed by atoms with E-state index in [9.17, 15) is 4.79 Å². The third kappa shape index (κ3) is 2.75. The van der Waals surface area contributed by atoms with Gasteiger partial charge in [-0.15, -0.1) is 0 Å². The van der Waals surface area contributed by atoms with Crippen molar-refractivity contribution in [3.8, 4) is 5.75 Å². The molecule has 0 radical (unpaired) electrons. The molecule has 0 aliphatic rings. The molecular weight excluding hydrogens is 180 g/mol. The lowest BCUT2D eigenvalue weighted by Gasteiger charge is -2.01. The first-order valence-electron chi connectivity index (χ1n) is 3.21. The van der Waals surface area contributed by atoms with E-state index in [2.05, 4.69) is 4.98 Å². The van der Waals surface area contributed by atoms with Crippen LogP contribution in [0.5, 0.6) is 5.75 Å². The van der Waals surface area contributed by atoms with E-state index in [0.717, 1.165) is 0 Å². The molecular formula is C7H7ClN2O2. The van der Waals surface area contributed by atoms with E-state index in [1.165, 1.54) is 12.3 Å². The number of amides is 1. The molecule has 0 saturated carbocycles. The Bertz CT molecular complexity index is 290. The van der Waals surface area contributed by atoms with Crippen molar-refractivity contribution >= 4 is 17.5 Å². The highest BCUT2D eigenvalue weighted by atomic mass is 35.5. The Morgan fingerprint density at radius 3 is 3.08 bits per heavy atom. The highest BCUT2D eigenvalue weighted by molar-refractivity contribution is 6.29. The minimum absolute atomic E-state index is 0.152. The average Bonchev–Trinajstić information content (AvgIpc) is 2.01. The van der Waals surface area contributed by atoms with Gasteiger partial charge in [0.05, 0.1) is 0 Å². The second-order valence-corrected chi connectivity index (χ2v) is 2.46. The molecule has 1 heterocycles. The number of nitrogens with two attached hydrogens (primary N) is 1. The molecule has 12 heavy (non-hydrogen) atoms. The van der Waals surface area contributed by atoms with Gasteiger partial charge in [-0.2, -0.15) is 0 Å². The first-order valence-corrected chi connectivity index (χ1v) is 3.59. The number of nitrogens with zero attached hydrogens (tertiary/aromatic N) is 1. The van der Waals surface area contributed by atoms with Crippen LogP contribution < -0.4 is 10.5 Å². The Labute approximate surface area is 74.3 Å². The number of rotatable bonds is 3. The van der Waals surface area contributed by atoms with Gasteiger partial charge >= 0.3 is 0 Å². The first kappa shape index (κ1) is 8.80. The normalized spacial score (nSPS) is 9.42. The number of pyridine rings is 1. The lowest BCUT2D eigenvalue weighted by molar-refractivity contribution is -0.119. The number of ether oxygens (including phenoxy) is 1. The number of halogens is 1. The van der Waals surface area contributed by atoms with Crippen molar-refractivity contribution < 1.29 is 9.53 Å². The third-order valence-electron chi connectivity index (χ3n) is 1.08. The Kier molecular flexibility index (Phi) is 2.88. The van der Waals surface area contributed by atoms with Crippen molar-refractivity contribution in [1.82, 2.24) is 4.98 Å². The molecule has 1 aromatic rings. The van der Waals surface area contributed by atoms with Crippen LogP contribution in [0.25, 0.3) is 0 Å². The van der Waals surface area contributed by atoms with E-state index in [4.69, 9.17) is 22.1 Å². The second-order valence-electron chi connectivity index (χ2n) is 2.07. The van der Waals surface area contributed by atoms with Crippen molar-refractivity contribution in [2.24, 2.45) is 5.73 Å². The van der Waals surface area contributed by atoms with Crippen LogP contribution in [0.4, 0.5) is 0 Å². The summed E-state index contributed by atoms with van der Waals surface area (Å²) in [6.07, 6.45) is 1.48. The Morgan fingerprint density at radius 1 is 1.75 bits per heavy atom. The fourth-order valence-corrected chi connectivity index (χ4v) is 0.793. The van der Waals surface area contributed by atoms with Gasteiger partial charge in [0.2, 0.25) is 0 Å². The molecule has 2 N–H and O–H groups in total. The number of carbonyl (C=O) groups is 1. The van der Waals surface area contributed by atoms with Crippen LogP contribution in [0, 0.1) is 0 Å². The minimum atomic E-state index is -0.525. The van der Waals surface area contributed by atoms with Gasteiger partial charge in [0, 0.05) is 12.3 Å². The SMILES string of the molecule is NC(=O)COc1ccnc(Cl)c1. The predicted octanol–water partition coefficient (Wildman–Crippen LogP) is 0.599. The molecule has 1 rings (SSSR count). The second kappa shape index (κ2) is 3.92. The summed E-state index contributed by atoms with van der Waals surface area (Å²) in [5.41, 5.74) is 4.87. The van der Waals surface area contributed by atoms with E-state index >= 15 is 0 Å². The van der Waals surface area contributed by atoms with Crippen molar-refractivity contribution in [2.75, 3.05) is 6.61 Å². The van der Waals surface area contributed by atoms with E-state index in [1.807, 2.05) is 0 Å². The van der Waals surface area contributed by atoms with E-state index in [0.29, 0.717) is 10.9 Å². The number of hydrogen-bond donors (Lipinski definition) is 1. The van der Waals surface area contributed by atoms with E-state index in [1.54, 1.807) is 6.07 Å². The van der Waals surface area contributed by atoms with Gasteiger partial charge in [-0.1, -0.05) is 11.6 Å². The molecule has 0 aliphatic carbocycles. The van der Waals surface area contributed by atoms with Gasteiger partial charge in [-0.25, -0.2) is 4.98 Å². The lowest BCUT2D eigenvalue weighted by Crippen LogP contribution is -2.19. The molecule has 64 valence electrons. The van der Waals surface area contributed by atoms with Gasteiger partial charge in [-0.05, 0) is 6.07 Å². The molecule has 0 bridgehead atoms. The zero-order valence-corrected chi connectivity index (χ0v) is 6.91. The van der Waals surface area contributed by atoms with Gasteiger partial charge in [0.15, 0.2) is 6.61 Å².